The molecule has 0 radical (unpaired) electrons. The predicted molar refractivity (Wildman–Crippen MR) is 101 cm³/mol. The van der Waals surface area contributed by atoms with Gasteiger partial charge >= 0.3 is 6.09 Å². The van der Waals surface area contributed by atoms with Gasteiger partial charge in [-0.3, -0.25) is 0 Å². The van der Waals surface area contributed by atoms with E-state index in [2.05, 4.69) is 0 Å². The summed E-state index contributed by atoms with van der Waals surface area (Å²) in [7, 11) is 0. The molecule has 2 aromatic rings. The van der Waals surface area contributed by atoms with Crippen molar-refractivity contribution in [1.82, 2.24) is 4.90 Å². The van der Waals surface area contributed by atoms with Gasteiger partial charge < -0.3 is 24.6 Å². The number of hydrogen-bond acceptors (Lipinski definition) is 4. The molecule has 8 heteroatoms. The molecule has 29 heavy (non-hydrogen) atoms. The molecule has 0 spiro atoms. The molecule has 2 unspecified atom stereocenters. The highest BCUT2D eigenvalue weighted by Crippen LogP contribution is 2.29. The van der Waals surface area contributed by atoms with Crippen LogP contribution in [0.3, 0.4) is 0 Å². The van der Waals surface area contributed by atoms with Crippen LogP contribution in [-0.2, 0) is 0 Å². The van der Waals surface area contributed by atoms with Crippen LogP contribution in [-0.4, -0.2) is 53.6 Å². The fraction of sp³-hybridized carbons (Fsp3) is 0.381. The Hall–Kier alpha value is -2.87. The van der Waals surface area contributed by atoms with Crippen molar-refractivity contribution in [2.24, 2.45) is 0 Å². The molecule has 2 N–H and O–H groups in total. The van der Waals surface area contributed by atoms with Crippen LogP contribution in [0, 0.1) is 11.6 Å². The third-order valence-corrected chi connectivity index (χ3v) is 4.88. The summed E-state index contributed by atoms with van der Waals surface area (Å²) < 4.78 is 37.0. The van der Waals surface area contributed by atoms with E-state index >= 15 is 0 Å². The summed E-state index contributed by atoms with van der Waals surface area (Å²) in [6, 6.07) is 10.8. The van der Waals surface area contributed by atoms with E-state index in [4.69, 9.17) is 14.6 Å². The maximum Gasteiger partial charge on any atom is 0.407 e. The van der Waals surface area contributed by atoms with Gasteiger partial charge in [-0.05, 0) is 36.2 Å². The van der Waals surface area contributed by atoms with E-state index in [-0.39, 0.29) is 18.2 Å². The number of hydrogen-bond donors (Lipinski definition) is 2. The third kappa shape index (κ3) is 5.57. The number of rotatable bonds is 7. The highest BCUT2D eigenvalue weighted by atomic mass is 19.2. The highest BCUT2D eigenvalue weighted by molar-refractivity contribution is 5.65. The summed E-state index contributed by atoms with van der Waals surface area (Å²) >= 11 is 0. The van der Waals surface area contributed by atoms with Crippen LogP contribution in [0.25, 0.3) is 0 Å². The number of β-amino-alcohol motifs (C(OH)–C–C–N with tert-alkyl or cyclic N) is 1. The molecule has 3 rings (SSSR count). The zero-order chi connectivity index (χ0) is 20.8. The number of aliphatic hydroxyl groups excluding tert-OH is 1. The van der Waals surface area contributed by atoms with Gasteiger partial charge in [-0.25, -0.2) is 13.6 Å². The van der Waals surface area contributed by atoms with E-state index in [9.17, 15) is 18.7 Å². The Bertz CT molecular complexity index is 830. The summed E-state index contributed by atoms with van der Waals surface area (Å²) in [5.41, 5.74) is 0.941. The minimum absolute atomic E-state index is 0.107. The zero-order valence-electron chi connectivity index (χ0n) is 15.8. The first-order valence-corrected chi connectivity index (χ1v) is 9.40. The number of halogens is 2. The van der Waals surface area contributed by atoms with Crippen LogP contribution in [0.2, 0.25) is 0 Å². The van der Waals surface area contributed by atoms with E-state index < -0.39 is 23.8 Å². The van der Waals surface area contributed by atoms with Gasteiger partial charge in [-0.1, -0.05) is 12.1 Å². The van der Waals surface area contributed by atoms with E-state index in [0.717, 1.165) is 17.7 Å². The Kier molecular flexibility index (Phi) is 6.87. The van der Waals surface area contributed by atoms with Crippen molar-refractivity contribution in [3.05, 3.63) is 59.7 Å². The lowest BCUT2D eigenvalue weighted by molar-refractivity contribution is 0.0504. The first kappa shape index (κ1) is 20.9. The lowest BCUT2D eigenvalue weighted by Gasteiger charge is -2.34. The first-order chi connectivity index (χ1) is 13.9. The van der Waals surface area contributed by atoms with E-state index in [1.807, 2.05) is 24.3 Å². The molecule has 1 saturated heterocycles. The molecule has 156 valence electrons. The highest BCUT2D eigenvalue weighted by Gasteiger charge is 2.30. The van der Waals surface area contributed by atoms with Gasteiger partial charge in [0.2, 0.25) is 0 Å². The molecule has 1 aliphatic heterocycles. The predicted octanol–water partition coefficient (Wildman–Crippen LogP) is 3.64. The van der Waals surface area contributed by atoms with Gasteiger partial charge in [0.1, 0.15) is 11.5 Å². The molecule has 6 nitrogen and oxygen atoms in total. The average Bonchev–Trinajstić information content (AvgIpc) is 2.71. The van der Waals surface area contributed by atoms with Gasteiger partial charge in [0, 0.05) is 24.9 Å². The lowest BCUT2D eigenvalue weighted by Crippen LogP contribution is -2.45. The number of likely N-dealkylation sites (tertiary alicyclic amines) is 1. The summed E-state index contributed by atoms with van der Waals surface area (Å²) in [4.78, 5) is 12.2. The number of carboxylic acid groups (broad SMARTS) is 1. The summed E-state index contributed by atoms with van der Waals surface area (Å²) in [5.74, 6) is -1.04. The Morgan fingerprint density at radius 3 is 2.31 bits per heavy atom. The van der Waals surface area contributed by atoms with Gasteiger partial charge in [-0.15, -0.1) is 0 Å². The van der Waals surface area contributed by atoms with Gasteiger partial charge in [0.25, 0.3) is 0 Å². The Labute approximate surface area is 167 Å². The number of ether oxygens (including phenoxy) is 2. The number of benzene rings is 2. The molecule has 1 fully saturated rings. The topological polar surface area (TPSA) is 79.2 Å². The molecule has 0 aromatic heterocycles. The number of amides is 1. The van der Waals surface area contributed by atoms with Gasteiger partial charge in [0.05, 0.1) is 25.9 Å². The van der Waals surface area contributed by atoms with Crippen LogP contribution in [0.5, 0.6) is 11.5 Å². The summed E-state index contributed by atoms with van der Waals surface area (Å²) in [6.45, 7) is 1.20. The van der Waals surface area contributed by atoms with Crippen molar-refractivity contribution in [3.8, 4) is 11.5 Å². The fourth-order valence-corrected chi connectivity index (χ4v) is 3.31. The second-order valence-electron chi connectivity index (χ2n) is 6.89. The molecule has 0 saturated carbocycles. The standard InChI is InChI=1S/C21H23F2NO5/c22-18-7-6-16(12-19(18)23)29-11-1-10-28-15-4-2-14(3-5-15)17-8-9-24(21(26)27)13-20(17)25/h2-7,12,17,20,25H,1,8-11,13H2,(H,26,27). The third-order valence-electron chi connectivity index (χ3n) is 4.88. The number of aliphatic hydroxyl groups is 1. The normalized spacial score (nSPS) is 19.1. The molecule has 1 aliphatic rings. The molecule has 0 bridgehead atoms. The largest absolute Gasteiger partial charge is 0.493 e. The lowest BCUT2D eigenvalue weighted by atomic mass is 9.87. The molecule has 1 heterocycles. The quantitative estimate of drug-likeness (QED) is 0.685. The Morgan fingerprint density at radius 1 is 1.03 bits per heavy atom. The van der Waals surface area contributed by atoms with Crippen molar-refractivity contribution in [2.75, 3.05) is 26.3 Å². The van der Waals surface area contributed by atoms with Crippen molar-refractivity contribution in [3.63, 3.8) is 0 Å². The maximum absolute atomic E-state index is 13.1. The number of nitrogens with zero attached hydrogens (tertiary/aromatic N) is 1. The monoisotopic (exact) mass is 407 g/mol. The zero-order valence-corrected chi connectivity index (χ0v) is 15.8. The summed E-state index contributed by atoms with van der Waals surface area (Å²) in [6.07, 6.45) is -0.623. The van der Waals surface area contributed by atoms with E-state index in [1.54, 1.807) is 0 Å². The van der Waals surface area contributed by atoms with Crippen LogP contribution < -0.4 is 9.47 Å². The first-order valence-electron chi connectivity index (χ1n) is 9.40. The summed E-state index contributed by atoms with van der Waals surface area (Å²) in [5, 5.41) is 19.3. The smallest absolute Gasteiger partial charge is 0.407 e. The van der Waals surface area contributed by atoms with E-state index in [0.29, 0.717) is 38.3 Å². The molecule has 2 atom stereocenters. The number of carbonyl (C=O) groups is 1. The van der Waals surface area contributed by atoms with E-state index in [1.165, 1.54) is 11.0 Å². The minimum Gasteiger partial charge on any atom is -0.493 e. The fourth-order valence-electron chi connectivity index (χ4n) is 3.31. The Morgan fingerprint density at radius 2 is 1.69 bits per heavy atom. The van der Waals surface area contributed by atoms with Crippen molar-refractivity contribution < 1.29 is 33.3 Å². The average molecular weight is 407 g/mol. The molecule has 2 aromatic carbocycles. The van der Waals surface area contributed by atoms with Gasteiger partial charge in [-0.2, -0.15) is 0 Å². The molecule has 1 amide bonds. The number of piperidine rings is 1. The van der Waals surface area contributed by atoms with Crippen LogP contribution in [0.15, 0.2) is 42.5 Å². The molecular formula is C21H23F2NO5. The van der Waals surface area contributed by atoms with Crippen molar-refractivity contribution in [1.29, 1.82) is 0 Å². The minimum atomic E-state index is -1.01. The van der Waals surface area contributed by atoms with Crippen LogP contribution >= 0.6 is 0 Å². The van der Waals surface area contributed by atoms with Crippen LogP contribution in [0.4, 0.5) is 13.6 Å². The SMILES string of the molecule is O=C(O)N1CCC(c2ccc(OCCCOc3ccc(F)c(F)c3)cc2)C(O)C1. The molecule has 0 aliphatic carbocycles. The molecular weight excluding hydrogens is 384 g/mol. The van der Waals surface area contributed by atoms with Crippen molar-refractivity contribution >= 4 is 6.09 Å². The second-order valence-corrected chi connectivity index (χ2v) is 6.89. The maximum atomic E-state index is 13.1. The Balaban J connectivity index is 1.41. The van der Waals surface area contributed by atoms with Gasteiger partial charge in [0.15, 0.2) is 11.6 Å². The van der Waals surface area contributed by atoms with Crippen molar-refractivity contribution in [2.45, 2.75) is 24.9 Å². The van der Waals surface area contributed by atoms with Crippen LogP contribution in [0.1, 0.15) is 24.3 Å². The second kappa shape index (κ2) is 9.56.